The van der Waals surface area contributed by atoms with Crippen molar-refractivity contribution < 1.29 is 14.6 Å². The number of ether oxygens (including phenoxy) is 2. The minimum atomic E-state index is -0.434. The summed E-state index contributed by atoms with van der Waals surface area (Å²) in [5.74, 6) is 0.233. The SMILES string of the molecule is C[C@@H]1O[C@H]2O[C@@H]1C=Cc1cccc(O)c12. The molecule has 0 unspecified atom stereocenters. The van der Waals surface area contributed by atoms with Crippen molar-refractivity contribution in [1.29, 1.82) is 0 Å². The fraction of sp³-hybridized carbons (Fsp3) is 0.333. The topological polar surface area (TPSA) is 38.7 Å². The Labute approximate surface area is 87.9 Å². The van der Waals surface area contributed by atoms with Crippen molar-refractivity contribution >= 4 is 6.08 Å². The van der Waals surface area contributed by atoms with Crippen LogP contribution in [0.25, 0.3) is 6.08 Å². The van der Waals surface area contributed by atoms with Gasteiger partial charge < -0.3 is 14.6 Å². The van der Waals surface area contributed by atoms with Crippen molar-refractivity contribution in [1.82, 2.24) is 0 Å². The fourth-order valence-electron chi connectivity index (χ4n) is 2.07. The zero-order chi connectivity index (χ0) is 10.4. The van der Waals surface area contributed by atoms with E-state index in [9.17, 15) is 5.11 Å². The van der Waals surface area contributed by atoms with Gasteiger partial charge in [0, 0.05) is 0 Å². The zero-order valence-corrected chi connectivity index (χ0v) is 8.38. The maximum Gasteiger partial charge on any atom is 0.189 e. The van der Waals surface area contributed by atoms with Crippen molar-refractivity contribution in [3.05, 3.63) is 35.4 Å². The molecule has 0 saturated carbocycles. The number of phenolic OH excluding ortho intramolecular Hbond substituents is 1. The Morgan fingerprint density at radius 1 is 1.27 bits per heavy atom. The fourth-order valence-corrected chi connectivity index (χ4v) is 2.07. The van der Waals surface area contributed by atoms with Crippen LogP contribution in [0, 0.1) is 0 Å². The maximum atomic E-state index is 9.79. The van der Waals surface area contributed by atoms with Gasteiger partial charge in [0.2, 0.25) is 0 Å². The number of hydrogen-bond acceptors (Lipinski definition) is 3. The van der Waals surface area contributed by atoms with E-state index in [1.54, 1.807) is 6.07 Å². The van der Waals surface area contributed by atoms with Gasteiger partial charge in [0.25, 0.3) is 0 Å². The Balaban J connectivity index is 2.15. The molecule has 0 aliphatic carbocycles. The summed E-state index contributed by atoms with van der Waals surface area (Å²) in [4.78, 5) is 0. The molecule has 0 radical (unpaired) electrons. The smallest absolute Gasteiger partial charge is 0.189 e. The molecule has 3 heteroatoms. The van der Waals surface area contributed by atoms with Crippen LogP contribution in [-0.2, 0) is 9.47 Å². The van der Waals surface area contributed by atoms with Crippen LogP contribution in [0.15, 0.2) is 24.3 Å². The second kappa shape index (κ2) is 3.08. The second-order valence-corrected chi connectivity index (χ2v) is 3.91. The Morgan fingerprint density at radius 2 is 2.13 bits per heavy atom. The molecule has 1 saturated heterocycles. The van der Waals surface area contributed by atoms with Crippen LogP contribution in [0.5, 0.6) is 5.75 Å². The molecule has 3 rings (SSSR count). The van der Waals surface area contributed by atoms with E-state index < -0.39 is 6.29 Å². The van der Waals surface area contributed by atoms with Gasteiger partial charge in [0.1, 0.15) is 11.9 Å². The van der Waals surface area contributed by atoms with Crippen LogP contribution in [-0.4, -0.2) is 17.3 Å². The number of rotatable bonds is 0. The summed E-state index contributed by atoms with van der Waals surface area (Å²) in [5.41, 5.74) is 1.70. The predicted molar refractivity (Wildman–Crippen MR) is 55.3 cm³/mol. The van der Waals surface area contributed by atoms with E-state index in [0.717, 1.165) is 11.1 Å². The van der Waals surface area contributed by atoms with Crippen LogP contribution in [0.4, 0.5) is 0 Å². The molecule has 1 aromatic carbocycles. The predicted octanol–water partition coefficient (Wildman–Crippen LogP) is 2.22. The first-order valence-corrected chi connectivity index (χ1v) is 5.07. The summed E-state index contributed by atoms with van der Waals surface area (Å²) in [5, 5.41) is 9.79. The van der Waals surface area contributed by atoms with E-state index in [4.69, 9.17) is 9.47 Å². The monoisotopic (exact) mass is 204 g/mol. The van der Waals surface area contributed by atoms with Crippen LogP contribution < -0.4 is 0 Å². The lowest BCUT2D eigenvalue weighted by atomic mass is 10.0. The third-order valence-corrected chi connectivity index (χ3v) is 2.90. The molecule has 2 heterocycles. The van der Waals surface area contributed by atoms with E-state index in [1.165, 1.54) is 0 Å². The van der Waals surface area contributed by atoms with Gasteiger partial charge in [0.15, 0.2) is 6.29 Å². The standard InChI is InChI=1S/C12H12O3/c1-7-10-6-5-8-3-2-4-9(13)11(8)12(14-7)15-10/h2-7,10,12-13H,1H3/t7-,10+,12-/m0/s1. The van der Waals surface area contributed by atoms with E-state index in [1.807, 2.05) is 31.2 Å². The first kappa shape index (κ1) is 8.95. The third-order valence-electron chi connectivity index (χ3n) is 2.90. The van der Waals surface area contributed by atoms with Crippen molar-refractivity contribution in [3.63, 3.8) is 0 Å². The van der Waals surface area contributed by atoms with Crippen LogP contribution in [0.3, 0.4) is 0 Å². The lowest BCUT2D eigenvalue weighted by Gasteiger charge is -2.14. The molecule has 15 heavy (non-hydrogen) atoms. The Hall–Kier alpha value is -1.32. The first-order valence-electron chi connectivity index (χ1n) is 5.07. The van der Waals surface area contributed by atoms with Crippen LogP contribution >= 0.6 is 0 Å². The maximum absolute atomic E-state index is 9.79. The molecule has 0 aromatic heterocycles. The molecule has 2 aliphatic heterocycles. The number of aromatic hydroxyl groups is 1. The number of hydrogen-bond donors (Lipinski definition) is 1. The van der Waals surface area contributed by atoms with Gasteiger partial charge >= 0.3 is 0 Å². The quantitative estimate of drug-likeness (QED) is 0.704. The summed E-state index contributed by atoms with van der Waals surface area (Å²) in [6.07, 6.45) is 3.56. The van der Waals surface area contributed by atoms with Gasteiger partial charge in [0.05, 0.1) is 11.7 Å². The highest BCUT2D eigenvalue weighted by molar-refractivity contribution is 5.60. The van der Waals surface area contributed by atoms with E-state index in [-0.39, 0.29) is 18.0 Å². The molecular formula is C12H12O3. The van der Waals surface area contributed by atoms with Gasteiger partial charge in [-0.15, -0.1) is 0 Å². The Bertz CT molecular complexity index is 425. The molecule has 2 bridgehead atoms. The third kappa shape index (κ3) is 1.28. The normalized spacial score (nSPS) is 32.5. The van der Waals surface area contributed by atoms with E-state index in [0.29, 0.717) is 0 Å². The van der Waals surface area contributed by atoms with Crippen LogP contribution in [0.2, 0.25) is 0 Å². The molecule has 3 nitrogen and oxygen atoms in total. The van der Waals surface area contributed by atoms with Gasteiger partial charge in [-0.3, -0.25) is 0 Å². The largest absolute Gasteiger partial charge is 0.507 e. The average molecular weight is 204 g/mol. The van der Waals surface area contributed by atoms with E-state index in [2.05, 4.69) is 0 Å². The summed E-state index contributed by atoms with van der Waals surface area (Å²) >= 11 is 0. The van der Waals surface area contributed by atoms with E-state index >= 15 is 0 Å². The number of fused-ring (bicyclic) bond motifs is 4. The molecule has 2 aliphatic rings. The van der Waals surface area contributed by atoms with Crippen molar-refractivity contribution in [2.24, 2.45) is 0 Å². The highest BCUT2D eigenvalue weighted by Crippen LogP contribution is 2.40. The van der Waals surface area contributed by atoms with Gasteiger partial charge in [-0.25, -0.2) is 0 Å². The lowest BCUT2D eigenvalue weighted by Crippen LogP contribution is -2.15. The highest BCUT2D eigenvalue weighted by atomic mass is 16.7. The molecule has 0 amide bonds. The number of benzene rings is 1. The zero-order valence-electron chi connectivity index (χ0n) is 8.38. The summed E-state index contributed by atoms with van der Waals surface area (Å²) in [6.45, 7) is 1.97. The molecule has 3 atom stereocenters. The molecule has 78 valence electrons. The Morgan fingerprint density at radius 3 is 3.00 bits per heavy atom. The second-order valence-electron chi connectivity index (χ2n) is 3.91. The van der Waals surface area contributed by atoms with Gasteiger partial charge in [-0.05, 0) is 18.6 Å². The molecular weight excluding hydrogens is 192 g/mol. The molecule has 1 N–H and O–H groups in total. The average Bonchev–Trinajstić information content (AvgIpc) is 2.45. The van der Waals surface area contributed by atoms with Gasteiger partial charge in [-0.2, -0.15) is 0 Å². The van der Waals surface area contributed by atoms with Gasteiger partial charge in [-0.1, -0.05) is 24.3 Å². The molecule has 1 fully saturated rings. The molecule has 0 spiro atoms. The van der Waals surface area contributed by atoms with Crippen molar-refractivity contribution in [3.8, 4) is 5.75 Å². The van der Waals surface area contributed by atoms with Crippen molar-refractivity contribution in [2.45, 2.75) is 25.4 Å². The van der Waals surface area contributed by atoms with Crippen molar-refractivity contribution in [2.75, 3.05) is 0 Å². The highest BCUT2D eigenvalue weighted by Gasteiger charge is 2.36. The summed E-state index contributed by atoms with van der Waals surface area (Å²) < 4.78 is 11.3. The Kier molecular flexibility index (Phi) is 1.84. The first-order chi connectivity index (χ1) is 7.25. The lowest BCUT2D eigenvalue weighted by molar-refractivity contribution is -0.0634. The molecule has 1 aromatic rings. The summed E-state index contributed by atoms with van der Waals surface area (Å²) in [7, 11) is 0. The summed E-state index contributed by atoms with van der Waals surface area (Å²) in [6, 6.07) is 5.42. The van der Waals surface area contributed by atoms with Crippen LogP contribution in [0.1, 0.15) is 24.3 Å². The minimum Gasteiger partial charge on any atom is -0.507 e. The number of phenols is 1. The minimum absolute atomic E-state index is 0.0122.